The highest BCUT2D eigenvalue weighted by molar-refractivity contribution is 6.30. The Morgan fingerprint density at radius 2 is 1.95 bits per heavy atom. The van der Waals surface area contributed by atoms with Crippen LogP contribution in [-0.4, -0.2) is 20.3 Å². The highest BCUT2D eigenvalue weighted by Gasteiger charge is 2.05. The maximum atomic E-state index is 5.93. The summed E-state index contributed by atoms with van der Waals surface area (Å²) in [6, 6.07) is 13.7. The Kier molecular flexibility index (Phi) is 5.76. The van der Waals surface area contributed by atoms with Crippen LogP contribution in [0.15, 0.2) is 42.5 Å². The lowest BCUT2D eigenvalue weighted by Crippen LogP contribution is -2.11. The Balaban J connectivity index is 1.86. The summed E-state index contributed by atoms with van der Waals surface area (Å²) in [5.41, 5.74) is 2.22. The quantitative estimate of drug-likeness (QED) is 0.769. The molecule has 2 rings (SSSR count). The minimum atomic E-state index is 0.550. The summed E-state index contributed by atoms with van der Waals surface area (Å²) in [6.45, 7) is 3.36. The molecule has 0 bridgehead atoms. The van der Waals surface area contributed by atoms with Crippen LogP contribution >= 0.6 is 11.6 Å². The van der Waals surface area contributed by atoms with Gasteiger partial charge in [-0.05, 0) is 42.3 Å². The van der Waals surface area contributed by atoms with Crippen LogP contribution in [0.25, 0.3) is 0 Å². The van der Waals surface area contributed by atoms with Gasteiger partial charge >= 0.3 is 0 Å². The van der Waals surface area contributed by atoms with Crippen molar-refractivity contribution in [3.8, 4) is 11.5 Å². The lowest BCUT2D eigenvalue weighted by atomic mass is 10.1. The van der Waals surface area contributed by atoms with Gasteiger partial charge in [-0.1, -0.05) is 30.7 Å². The molecule has 0 amide bonds. The second-order valence-electron chi connectivity index (χ2n) is 4.62. The fourth-order valence-corrected chi connectivity index (χ4v) is 2.20. The lowest BCUT2D eigenvalue weighted by molar-refractivity contribution is 0.305. The van der Waals surface area contributed by atoms with Crippen molar-refractivity contribution in [2.75, 3.05) is 25.6 Å². The molecule has 3 nitrogen and oxygen atoms in total. The van der Waals surface area contributed by atoms with E-state index in [1.807, 2.05) is 36.4 Å². The number of hydrogen-bond donors (Lipinski definition) is 1. The van der Waals surface area contributed by atoms with Crippen molar-refractivity contribution >= 4 is 17.3 Å². The second kappa shape index (κ2) is 7.79. The van der Waals surface area contributed by atoms with Crippen LogP contribution in [0.3, 0.4) is 0 Å². The number of methoxy groups -OCH3 is 1. The largest absolute Gasteiger partial charge is 0.493 e. The van der Waals surface area contributed by atoms with E-state index in [9.17, 15) is 0 Å². The van der Waals surface area contributed by atoms with Gasteiger partial charge in [-0.2, -0.15) is 0 Å². The Morgan fingerprint density at radius 3 is 2.67 bits per heavy atom. The van der Waals surface area contributed by atoms with E-state index in [0.29, 0.717) is 13.2 Å². The van der Waals surface area contributed by atoms with Gasteiger partial charge in [0.05, 0.1) is 7.11 Å². The summed E-state index contributed by atoms with van der Waals surface area (Å²) in [6.07, 6.45) is 0.979. The van der Waals surface area contributed by atoms with Gasteiger partial charge in [0.2, 0.25) is 0 Å². The van der Waals surface area contributed by atoms with E-state index in [0.717, 1.165) is 28.6 Å². The van der Waals surface area contributed by atoms with E-state index in [2.05, 4.69) is 18.3 Å². The van der Waals surface area contributed by atoms with Crippen molar-refractivity contribution in [2.45, 2.75) is 13.3 Å². The van der Waals surface area contributed by atoms with Crippen LogP contribution < -0.4 is 14.8 Å². The predicted molar refractivity (Wildman–Crippen MR) is 87.8 cm³/mol. The molecular weight excluding hydrogens is 286 g/mol. The van der Waals surface area contributed by atoms with Crippen molar-refractivity contribution in [3.63, 3.8) is 0 Å². The smallest absolute Gasteiger partial charge is 0.161 e. The molecule has 4 heteroatoms. The minimum absolute atomic E-state index is 0.550. The van der Waals surface area contributed by atoms with E-state index >= 15 is 0 Å². The predicted octanol–water partition coefficient (Wildman–Crippen LogP) is 4.40. The zero-order valence-corrected chi connectivity index (χ0v) is 13.1. The molecule has 2 aromatic rings. The number of rotatable bonds is 7. The lowest BCUT2D eigenvalue weighted by Gasteiger charge is -2.12. The SMILES string of the molecule is CCc1ccc(OCCNc2cccc(Cl)c2)c(OC)c1. The van der Waals surface area contributed by atoms with Gasteiger partial charge in [-0.25, -0.2) is 0 Å². The average Bonchev–Trinajstić information content (AvgIpc) is 2.51. The van der Waals surface area contributed by atoms with Crippen molar-refractivity contribution in [3.05, 3.63) is 53.1 Å². The fourth-order valence-electron chi connectivity index (χ4n) is 2.01. The van der Waals surface area contributed by atoms with Gasteiger partial charge in [0.15, 0.2) is 11.5 Å². The molecule has 2 aromatic carbocycles. The Labute approximate surface area is 130 Å². The molecule has 0 unspecified atom stereocenters. The zero-order valence-electron chi connectivity index (χ0n) is 12.4. The number of halogens is 1. The minimum Gasteiger partial charge on any atom is -0.493 e. The average molecular weight is 306 g/mol. The molecule has 0 aliphatic carbocycles. The summed E-state index contributed by atoms with van der Waals surface area (Å²) < 4.78 is 11.1. The van der Waals surface area contributed by atoms with Crippen molar-refractivity contribution in [2.24, 2.45) is 0 Å². The van der Waals surface area contributed by atoms with Gasteiger partial charge in [0.1, 0.15) is 6.61 Å². The Hall–Kier alpha value is -1.87. The van der Waals surface area contributed by atoms with Gasteiger partial charge in [0, 0.05) is 17.3 Å². The molecule has 0 atom stereocenters. The van der Waals surface area contributed by atoms with Crippen LogP contribution in [0, 0.1) is 0 Å². The molecule has 0 aliphatic rings. The van der Waals surface area contributed by atoms with E-state index in [1.54, 1.807) is 7.11 Å². The zero-order chi connectivity index (χ0) is 15.1. The molecule has 0 saturated heterocycles. The molecule has 112 valence electrons. The standard InChI is InChI=1S/C17H20ClNO2/c1-3-13-7-8-16(17(11-13)20-2)21-10-9-19-15-6-4-5-14(18)12-15/h4-8,11-12,19H,3,9-10H2,1-2H3. The van der Waals surface area contributed by atoms with E-state index in [1.165, 1.54) is 5.56 Å². The van der Waals surface area contributed by atoms with Crippen molar-refractivity contribution < 1.29 is 9.47 Å². The molecule has 21 heavy (non-hydrogen) atoms. The summed E-state index contributed by atoms with van der Waals surface area (Å²) in [5.74, 6) is 1.54. The first-order chi connectivity index (χ1) is 10.2. The number of hydrogen-bond acceptors (Lipinski definition) is 3. The highest BCUT2D eigenvalue weighted by atomic mass is 35.5. The molecule has 0 spiro atoms. The summed E-state index contributed by atoms with van der Waals surface area (Å²) in [5, 5.41) is 3.99. The Bertz CT molecular complexity index is 587. The van der Waals surface area contributed by atoms with Crippen molar-refractivity contribution in [1.82, 2.24) is 0 Å². The number of anilines is 1. The van der Waals surface area contributed by atoms with Gasteiger partial charge in [-0.15, -0.1) is 0 Å². The first-order valence-electron chi connectivity index (χ1n) is 7.02. The number of benzene rings is 2. The summed E-state index contributed by atoms with van der Waals surface area (Å²) >= 11 is 5.93. The monoisotopic (exact) mass is 305 g/mol. The third-order valence-electron chi connectivity index (χ3n) is 3.15. The third kappa shape index (κ3) is 4.57. The normalized spacial score (nSPS) is 10.2. The van der Waals surface area contributed by atoms with Crippen LogP contribution in [0.4, 0.5) is 5.69 Å². The molecule has 0 radical (unpaired) electrons. The molecule has 0 aliphatic heterocycles. The first kappa shape index (κ1) is 15.5. The number of nitrogens with one attached hydrogen (secondary N) is 1. The van der Waals surface area contributed by atoms with Crippen LogP contribution in [0.1, 0.15) is 12.5 Å². The third-order valence-corrected chi connectivity index (χ3v) is 3.38. The first-order valence-corrected chi connectivity index (χ1v) is 7.40. The maximum Gasteiger partial charge on any atom is 0.161 e. The van der Waals surface area contributed by atoms with E-state index < -0.39 is 0 Å². The molecule has 0 aromatic heterocycles. The van der Waals surface area contributed by atoms with Crippen LogP contribution in [0.2, 0.25) is 5.02 Å². The molecule has 0 saturated carbocycles. The van der Waals surface area contributed by atoms with E-state index in [4.69, 9.17) is 21.1 Å². The van der Waals surface area contributed by atoms with Crippen LogP contribution in [-0.2, 0) is 6.42 Å². The van der Waals surface area contributed by atoms with Crippen molar-refractivity contribution in [1.29, 1.82) is 0 Å². The van der Waals surface area contributed by atoms with Crippen LogP contribution in [0.5, 0.6) is 11.5 Å². The number of aryl methyl sites for hydroxylation is 1. The maximum absolute atomic E-state index is 5.93. The fraction of sp³-hybridized carbons (Fsp3) is 0.294. The Morgan fingerprint density at radius 1 is 1.10 bits per heavy atom. The highest BCUT2D eigenvalue weighted by Crippen LogP contribution is 2.28. The molecular formula is C17H20ClNO2. The molecule has 1 N–H and O–H groups in total. The van der Waals surface area contributed by atoms with Gasteiger partial charge in [0.25, 0.3) is 0 Å². The van der Waals surface area contributed by atoms with E-state index in [-0.39, 0.29) is 0 Å². The second-order valence-corrected chi connectivity index (χ2v) is 5.06. The summed E-state index contributed by atoms with van der Waals surface area (Å²) in [4.78, 5) is 0. The number of ether oxygens (including phenoxy) is 2. The summed E-state index contributed by atoms with van der Waals surface area (Å²) in [7, 11) is 1.66. The van der Waals surface area contributed by atoms with Gasteiger partial charge in [-0.3, -0.25) is 0 Å². The van der Waals surface area contributed by atoms with Gasteiger partial charge < -0.3 is 14.8 Å². The molecule has 0 heterocycles. The topological polar surface area (TPSA) is 30.5 Å². The molecule has 0 fully saturated rings.